The fourth-order valence-corrected chi connectivity index (χ4v) is 1.38. The lowest BCUT2D eigenvalue weighted by atomic mass is 9.96. The number of hydrogen-bond donors (Lipinski definition) is 1. The maximum atomic E-state index is 11.5. The van der Waals surface area contributed by atoms with E-state index in [4.69, 9.17) is 19.3 Å². The molecule has 6 heteroatoms. The number of carbonyl (C=O) groups excluding carboxylic acids is 2. The molecule has 0 unspecified atom stereocenters. The van der Waals surface area contributed by atoms with Crippen LogP contribution in [0, 0.1) is 10.8 Å². The van der Waals surface area contributed by atoms with Crippen LogP contribution in [0.5, 0.6) is 0 Å². The van der Waals surface area contributed by atoms with Crippen molar-refractivity contribution in [2.45, 2.75) is 40.5 Å². The summed E-state index contributed by atoms with van der Waals surface area (Å²) in [5, 5.41) is 9.04. The molecule has 0 aromatic rings. The molecule has 0 radical (unpaired) electrons. The summed E-state index contributed by atoms with van der Waals surface area (Å²) in [6, 6.07) is 0. The third-order valence-electron chi connectivity index (χ3n) is 2.74. The Bertz CT molecular complexity index is 335. The van der Waals surface area contributed by atoms with Crippen LogP contribution in [0.4, 0.5) is 0 Å². The molecule has 0 saturated carbocycles. The van der Waals surface area contributed by atoms with E-state index in [2.05, 4.69) is 0 Å². The van der Waals surface area contributed by atoms with Crippen LogP contribution in [0.15, 0.2) is 0 Å². The number of methoxy groups -OCH3 is 1. The number of aliphatic hydroxyl groups is 1. The topological polar surface area (TPSA) is 82.1 Å². The van der Waals surface area contributed by atoms with Crippen molar-refractivity contribution >= 4 is 11.9 Å². The van der Waals surface area contributed by atoms with Gasteiger partial charge in [-0.3, -0.25) is 9.59 Å². The van der Waals surface area contributed by atoms with Crippen molar-refractivity contribution in [2.24, 2.45) is 10.8 Å². The molecule has 0 aromatic heterocycles. The molecule has 0 heterocycles. The van der Waals surface area contributed by atoms with E-state index < -0.39 is 17.4 Å². The fraction of sp³-hybridized carbons (Fsp3) is 0.867. The fourth-order valence-electron chi connectivity index (χ4n) is 1.38. The average molecular weight is 304 g/mol. The van der Waals surface area contributed by atoms with Gasteiger partial charge in [0.05, 0.1) is 39.3 Å². The van der Waals surface area contributed by atoms with Gasteiger partial charge in [0.25, 0.3) is 0 Å². The van der Waals surface area contributed by atoms with Gasteiger partial charge in [0, 0.05) is 17.9 Å². The summed E-state index contributed by atoms with van der Waals surface area (Å²) < 4.78 is 15.1. The highest BCUT2D eigenvalue weighted by Gasteiger charge is 2.22. The van der Waals surface area contributed by atoms with E-state index in [0.717, 1.165) is 0 Å². The maximum Gasteiger partial charge on any atom is 0.306 e. The van der Waals surface area contributed by atoms with Crippen LogP contribution in [-0.2, 0) is 23.8 Å². The van der Waals surface area contributed by atoms with Gasteiger partial charge >= 0.3 is 11.9 Å². The lowest BCUT2D eigenvalue weighted by molar-refractivity contribution is -0.154. The summed E-state index contributed by atoms with van der Waals surface area (Å²) in [7, 11) is 1.59. The molecule has 124 valence electrons. The van der Waals surface area contributed by atoms with Gasteiger partial charge in [0.1, 0.15) is 0 Å². The number of ether oxygens (including phenoxy) is 3. The molecule has 0 saturated heterocycles. The van der Waals surface area contributed by atoms with Crippen LogP contribution in [0.2, 0.25) is 0 Å². The Kier molecular flexibility index (Phi) is 8.51. The molecular weight excluding hydrogens is 276 g/mol. The predicted octanol–water partition coefficient (Wildman–Crippen LogP) is 1.54. The van der Waals surface area contributed by atoms with Gasteiger partial charge in [-0.25, -0.2) is 0 Å². The molecule has 0 atom stereocenters. The van der Waals surface area contributed by atoms with Crippen molar-refractivity contribution in [3.63, 3.8) is 0 Å². The van der Waals surface area contributed by atoms with Crippen molar-refractivity contribution in [2.75, 3.05) is 33.5 Å². The number of carbonyl (C=O) groups is 2. The van der Waals surface area contributed by atoms with Crippen molar-refractivity contribution in [3.05, 3.63) is 0 Å². The summed E-state index contributed by atoms with van der Waals surface area (Å²) in [4.78, 5) is 23.0. The SMILES string of the molecule is COCC(C)(C)COC(=O)CCC(=O)OCC(C)(C)CO. The normalized spacial score (nSPS) is 12.1. The van der Waals surface area contributed by atoms with Crippen molar-refractivity contribution < 1.29 is 28.9 Å². The zero-order valence-electron chi connectivity index (χ0n) is 13.7. The summed E-state index contributed by atoms with van der Waals surface area (Å²) >= 11 is 0. The van der Waals surface area contributed by atoms with Crippen LogP contribution in [0.3, 0.4) is 0 Å². The Balaban J connectivity index is 3.90. The summed E-state index contributed by atoms with van der Waals surface area (Å²) in [5.41, 5.74) is -0.726. The second-order valence-electron chi connectivity index (χ2n) is 6.74. The smallest absolute Gasteiger partial charge is 0.306 e. The first kappa shape index (κ1) is 19.9. The first-order valence-electron chi connectivity index (χ1n) is 7.03. The average Bonchev–Trinajstić information content (AvgIpc) is 2.41. The molecule has 0 aromatic carbocycles. The van der Waals surface area contributed by atoms with Crippen molar-refractivity contribution in [1.29, 1.82) is 0 Å². The minimum atomic E-state index is -0.472. The highest BCUT2D eigenvalue weighted by Crippen LogP contribution is 2.16. The first-order valence-corrected chi connectivity index (χ1v) is 7.03. The number of hydrogen-bond acceptors (Lipinski definition) is 6. The molecule has 21 heavy (non-hydrogen) atoms. The second kappa shape index (κ2) is 9.00. The Morgan fingerprint density at radius 3 is 1.67 bits per heavy atom. The van der Waals surface area contributed by atoms with Crippen molar-refractivity contribution in [3.8, 4) is 0 Å². The monoisotopic (exact) mass is 304 g/mol. The predicted molar refractivity (Wildman–Crippen MR) is 77.7 cm³/mol. The third kappa shape index (κ3) is 10.3. The Morgan fingerprint density at radius 2 is 1.29 bits per heavy atom. The molecule has 6 nitrogen and oxygen atoms in total. The van der Waals surface area contributed by atoms with E-state index >= 15 is 0 Å². The molecule has 0 spiro atoms. The number of esters is 2. The highest BCUT2D eigenvalue weighted by molar-refractivity contribution is 5.77. The van der Waals surface area contributed by atoms with Crippen molar-refractivity contribution in [1.82, 2.24) is 0 Å². The Morgan fingerprint density at radius 1 is 0.857 bits per heavy atom. The first-order chi connectivity index (χ1) is 9.62. The van der Waals surface area contributed by atoms with E-state index in [1.54, 1.807) is 21.0 Å². The van der Waals surface area contributed by atoms with Gasteiger partial charge in [-0.15, -0.1) is 0 Å². The van der Waals surface area contributed by atoms with E-state index in [1.165, 1.54) is 0 Å². The van der Waals surface area contributed by atoms with Gasteiger partial charge in [0.2, 0.25) is 0 Å². The quantitative estimate of drug-likeness (QED) is 0.617. The van der Waals surface area contributed by atoms with Crippen LogP contribution in [0.1, 0.15) is 40.5 Å². The minimum Gasteiger partial charge on any atom is -0.465 e. The molecule has 0 aliphatic rings. The van der Waals surface area contributed by atoms with Crippen LogP contribution in [0.25, 0.3) is 0 Å². The standard InChI is InChI=1S/C15H28O6/c1-14(2,8-16)10-20-12(17)6-7-13(18)21-11-15(3,4)9-19-5/h16H,6-11H2,1-5H3. The zero-order chi connectivity index (χ0) is 16.5. The molecule has 0 aliphatic carbocycles. The maximum absolute atomic E-state index is 11.5. The Labute approximate surface area is 126 Å². The van der Waals surface area contributed by atoms with Gasteiger partial charge < -0.3 is 19.3 Å². The zero-order valence-corrected chi connectivity index (χ0v) is 13.7. The molecule has 0 bridgehead atoms. The summed E-state index contributed by atoms with van der Waals surface area (Å²) in [5.74, 6) is -0.901. The van der Waals surface area contributed by atoms with Gasteiger partial charge in [-0.1, -0.05) is 27.7 Å². The van der Waals surface area contributed by atoms with E-state index in [0.29, 0.717) is 6.61 Å². The van der Waals surface area contributed by atoms with Gasteiger partial charge in [-0.05, 0) is 0 Å². The third-order valence-corrected chi connectivity index (χ3v) is 2.74. The highest BCUT2D eigenvalue weighted by atomic mass is 16.5. The van der Waals surface area contributed by atoms with E-state index in [-0.39, 0.29) is 38.1 Å². The van der Waals surface area contributed by atoms with Gasteiger partial charge in [0.15, 0.2) is 0 Å². The molecule has 0 fully saturated rings. The lowest BCUT2D eigenvalue weighted by Gasteiger charge is -2.23. The largest absolute Gasteiger partial charge is 0.465 e. The number of aliphatic hydroxyl groups excluding tert-OH is 1. The molecule has 0 aliphatic heterocycles. The molecule has 0 amide bonds. The van der Waals surface area contributed by atoms with Gasteiger partial charge in [-0.2, -0.15) is 0 Å². The van der Waals surface area contributed by atoms with E-state index in [9.17, 15) is 9.59 Å². The molecular formula is C15H28O6. The van der Waals surface area contributed by atoms with E-state index in [1.807, 2.05) is 13.8 Å². The molecule has 0 rings (SSSR count). The van der Waals surface area contributed by atoms with Crippen LogP contribution < -0.4 is 0 Å². The second-order valence-corrected chi connectivity index (χ2v) is 6.74. The van der Waals surface area contributed by atoms with Crippen LogP contribution in [-0.4, -0.2) is 50.6 Å². The molecule has 1 N–H and O–H groups in total. The summed E-state index contributed by atoms with van der Waals surface area (Å²) in [6.07, 6.45) is -0.0352. The minimum absolute atomic E-state index is 0.0125. The van der Waals surface area contributed by atoms with Crippen LogP contribution >= 0.6 is 0 Å². The lowest BCUT2D eigenvalue weighted by Crippen LogP contribution is -2.27. The summed E-state index contributed by atoms with van der Waals surface area (Å²) in [6.45, 7) is 8.20. The Hall–Kier alpha value is -1.14. The number of rotatable bonds is 10.